The van der Waals surface area contributed by atoms with Gasteiger partial charge in [0.15, 0.2) is 0 Å². The third-order valence-electron chi connectivity index (χ3n) is 5.67. The van der Waals surface area contributed by atoms with E-state index in [1.165, 1.54) is 0 Å². The first-order valence-corrected chi connectivity index (χ1v) is 13.5. The van der Waals surface area contributed by atoms with Crippen molar-refractivity contribution in [1.82, 2.24) is 4.72 Å². The van der Waals surface area contributed by atoms with Crippen LogP contribution in [0.2, 0.25) is 0 Å². The van der Waals surface area contributed by atoms with E-state index in [1.54, 1.807) is 10.8 Å². The molecule has 1 fully saturated rings. The fraction of sp³-hybridized carbons (Fsp3) is 0.783. The number of sulfonamides is 1. The van der Waals surface area contributed by atoms with E-state index in [9.17, 15) is 28.5 Å². The number of amides is 1. The molecule has 4 N–H and O–H groups in total. The molecular weight excluding hydrogens is 434 g/mol. The summed E-state index contributed by atoms with van der Waals surface area (Å²) < 4.78 is 28.3. The topological polar surface area (TPSA) is 133 Å². The average molecular weight is 476 g/mol. The Labute approximate surface area is 192 Å². The van der Waals surface area contributed by atoms with Crippen LogP contribution in [0.5, 0.6) is 0 Å². The summed E-state index contributed by atoms with van der Waals surface area (Å²) in [5, 5.41) is 30.7. The minimum absolute atomic E-state index is 0.0675. The van der Waals surface area contributed by atoms with Gasteiger partial charge in [-0.1, -0.05) is 50.5 Å². The number of nitrogens with one attached hydrogen (secondary N) is 1. The molecule has 5 atom stereocenters. The first kappa shape index (κ1) is 28.6. The molecule has 0 heterocycles. The van der Waals surface area contributed by atoms with E-state index in [4.69, 9.17) is 4.74 Å². The van der Waals surface area contributed by atoms with Gasteiger partial charge in [-0.3, -0.25) is 0 Å². The number of aliphatic hydroxyl groups is 3. The lowest BCUT2D eigenvalue weighted by Crippen LogP contribution is -2.30. The first-order chi connectivity index (χ1) is 15.1. The van der Waals surface area contributed by atoms with Crippen molar-refractivity contribution < 1.29 is 33.3 Å². The maximum Gasteiger partial charge on any atom is 0.420 e. The van der Waals surface area contributed by atoms with Crippen molar-refractivity contribution in [2.75, 3.05) is 12.9 Å². The van der Waals surface area contributed by atoms with E-state index in [0.717, 1.165) is 44.8 Å². The van der Waals surface area contributed by atoms with Crippen LogP contribution in [-0.4, -0.2) is 61.0 Å². The van der Waals surface area contributed by atoms with Gasteiger partial charge in [0, 0.05) is 12.3 Å². The smallest absolute Gasteiger partial charge is 0.420 e. The summed E-state index contributed by atoms with van der Waals surface area (Å²) in [6, 6.07) is 0. The Kier molecular flexibility index (Phi) is 13.8. The molecule has 1 aliphatic carbocycles. The van der Waals surface area contributed by atoms with E-state index in [1.807, 2.05) is 12.2 Å². The number of hydrogen-bond donors (Lipinski definition) is 4. The SMILES string of the molecule is CCCCC[C@H](O)C=C[C@@H]1[C@@H](CC=CCCCCCOC(=O)NS(C)(=O)=O)[C@@H](O)C[C@H]1O. The van der Waals surface area contributed by atoms with Crippen molar-refractivity contribution in [2.24, 2.45) is 11.8 Å². The van der Waals surface area contributed by atoms with Gasteiger partial charge in [-0.15, -0.1) is 0 Å². The second-order valence-corrected chi connectivity index (χ2v) is 10.4. The number of hydrogen-bond acceptors (Lipinski definition) is 7. The molecular formula is C23H41NO7S. The molecule has 32 heavy (non-hydrogen) atoms. The molecule has 1 amide bonds. The van der Waals surface area contributed by atoms with Crippen LogP contribution in [-0.2, 0) is 14.8 Å². The third kappa shape index (κ3) is 12.6. The summed E-state index contributed by atoms with van der Waals surface area (Å²) in [7, 11) is -3.60. The Hall–Kier alpha value is -1.42. The molecule has 8 nitrogen and oxygen atoms in total. The minimum Gasteiger partial charge on any atom is -0.449 e. The van der Waals surface area contributed by atoms with Gasteiger partial charge < -0.3 is 20.1 Å². The van der Waals surface area contributed by atoms with Gasteiger partial charge in [0.1, 0.15) is 0 Å². The van der Waals surface area contributed by atoms with Crippen LogP contribution >= 0.6 is 0 Å². The molecule has 1 rings (SSSR count). The number of aliphatic hydroxyl groups excluding tert-OH is 3. The van der Waals surface area contributed by atoms with Crippen LogP contribution in [0.4, 0.5) is 4.79 Å². The van der Waals surface area contributed by atoms with Crippen LogP contribution in [0.25, 0.3) is 0 Å². The predicted octanol–water partition coefficient (Wildman–Crippen LogP) is 3.03. The molecule has 186 valence electrons. The normalized spacial score (nSPS) is 24.9. The van der Waals surface area contributed by atoms with E-state index in [-0.39, 0.29) is 18.4 Å². The molecule has 0 bridgehead atoms. The summed E-state index contributed by atoms with van der Waals surface area (Å²) in [4.78, 5) is 11.2. The zero-order valence-electron chi connectivity index (χ0n) is 19.4. The van der Waals surface area contributed by atoms with Crippen molar-refractivity contribution in [3.63, 3.8) is 0 Å². The van der Waals surface area contributed by atoms with E-state index in [0.29, 0.717) is 25.7 Å². The largest absolute Gasteiger partial charge is 0.449 e. The zero-order chi connectivity index (χ0) is 24.0. The highest BCUT2D eigenvalue weighted by Crippen LogP contribution is 2.36. The Bertz CT molecular complexity index is 692. The van der Waals surface area contributed by atoms with Crippen LogP contribution in [0.3, 0.4) is 0 Å². The predicted molar refractivity (Wildman–Crippen MR) is 124 cm³/mol. The number of unbranched alkanes of at least 4 members (excludes halogenated alkanes) is 5. The van der Waals surface area contributed by atoms with E-state index < -0.39 is 34.4 Å². The van der Waals surface area contributed by atoms with Crippen LogP contribution < -0.4 is 4.72 Å². The maximum atomic E-state index is 11.2. The van der Waals surface area contributed by atoms with Gasteiger partial charge in [-0.2, -0.15) is 0 Å². The summed E-state index contributed by atoms with van der Waals surface area (Å²) >= 11 is 0. The highest BCUT2D eigenvalue weighted by molar-refractivity contribution is 7.89. The Morgan fingerprint density at radius 2 is 1.88 bits per heavy atom. The molecule has 0 saturated heterocycles. The number of allylic oxidation sites excluding steroid dienone is 2. The van der Waals surface area contributed by atoms with Crippen molar-refractivity contribution in [3.05, 3.63) is 24.3 Å². The molecule has 0 radical (unpaired) electrons. The van der Waals surface area contributed by atoms with Gasteiger partial charge in [0.25, 0.3) is 0 Å². The highest BCUT2D eigenvalue weighted by atomic mass is 32.2. The Morgan fingerprint density at radius 3 is 2.56 bits per heavy atom. The number of carbonyl (C=O) groups is 1. The number of rotatable bonds is 15. The molecule has 1 saturated carbocycles. The van der Waals surface area contributed by atoms with Crippen molar-refractivity contribution in [1.29, 1.82) is 0 Å². The van der Waals surface area contributed by atoms with E-state index >= 15 is 0 Å². The summed E-state index contributed by atoms with van der Waals surface area (Å²) in [6.07, 6.45) is 14.1. The monoisotopic (exact) mass is 475 g/mol. The van der Waals surface area contributed by atoms with Gasteiger partial charge in [-0.25, -0.2) is 17.9 Å². The van der Waals surface area contributed by atoms with Gasteiger partial charge in [0.05, 0.1) is 31.2 Å². The lowest BCUT2D eigenvalue weighted by atomic mass is 9.89. The lowest BCUT2D eigenvalue weighted by Gasteiger charge is -2.19. The molecule has 1 aliphatic rings. The summed E-state index contributed by atoms with van der Waals surface area (Å²) in [5.41, 5.74) is 0. The fourth-order valence-corrected chi connectivity index (χ4v) is 4.28. The van der Waals surface area contributed by atoms with Gasteiger partial charge in [-0.05, 0) is 44.4 Å². The average Bonchev–Trinajstić information content (AvgIpc) is 2.96. The molecule has 0 aromatic heterocycles. The number of carbonyl (C=O) groups excluding carboxylic acids is 1. The van der Waals surface area contributed by atoms with Crippen LogP contribution in [0.15, 0.2) is 24.3 Å². The quantitative estimate of drug-likeness (QED) is 0.211. The Balaban J connectivity index is 2.28. The molecule has 0 unspecified atom stereocenters. The molecule has 9 heteroatoms. The first-order valence-electron chi connectivity index (χ1n) is 11.7. The van der Waals surface area contributed by atoms with Crippen LogP contribution in [0.1, 0.15) is 71.1 Å². The van der Waals surface area contributed by atoms with Crippen LogP contribution in [0, 0.1) is 11.8 Å². The summed E-state index contributed by atoms with van der Waals surface area (Å²) in [5.74, 6) is -0.229. The molecule has 0 spiro atoms. The number of ether oxygens (including phenoxy) is 1. The zero-order valence-corrected chi connectivity index (χ0v) is 20.2. The van der Waals surface area contributed by atoms with Crippen molar-refractivity contribution >= 4 is 16.1 Å². The molecule has 0 aromatic rings. The molecule has 0 aromatic carbocycles. The standard InChI is InChI=1S/C23H41NO7S/c1-3-4-9-12-18(25)14-15-20-19(21(26)17-22(20)27)13-10-7-5-6-8-11-16-31-23(28)24-32(2,29)30/h7,10,14-15,18-22,25-27H,3-6,8-9,11-13,16-17H2,1-2H3,(H,24,28)/t18-,19+,20+,21-,22+/m0/s1. The van der Waals surface area contributed by atoms with Crippen molar-refractivity contribution in [2.45, 2.75) is 89.4 Å². The minimum atomic E-state index is -3.60. The maximum absolute atomic E-state index is 11.2. The summed E-state index contributed by atoms with van der Waals surface area (Å²) in [6.45, 7) is 2.28. The van der Waals surface area contributed by atoms with Gasteiger partial charge in [0.2, 0.25) is 10.0 Å². The lowest BCUT2D eigenvalue weighted by molar-refractivity contribution is 0.120. The highest BCUT2D eigenvalue weighted by Gasteiger charge is 2.39. The third-order valence-corrected chi connectivity index (χ3v) is 6.20. The van der Waals surface area contributed by atoms with Gasteiger partial charge >= 0.3 is 6.09 Å². The second-order valence-electron chi connectivity index (χ2n) is 8.63. The fourth-order valence-electron chi connectivity index (χ4n) is 3.92. The molecule has 0 aliphatic heterocycles. The Morgan fingerprint density at radius 1 is 1.12 bits per heavy atom. The van der Waals surface area contributed by atoms with Crippen molar-refractivity contribution in [3.8, 4) is 0 Å². The second kappa shape index (κ2) is 15.4. The van der Waals surface area contributed by atoms with E-state index in [2.05, 4.69) is 13.0 Å².